The molecular weight excluding hydrogens is 211 g/mol. The minimum atomic E-state index is -1.08. The van der Waals surface area contributed by atoms with E-state index in [-0.39, 0.29) is 19.5 Å². The van der Waals surface area contributed by atoms with Crippen LogP contribution in [0.5, 0.6) is 0 Å². The topological polar surface area (TPSA) is 92.5 Å². The molecule has 1 aromatic rings. The molecule has 0 saturated carbocycles. The maximum Gasteiger partial charge on any atom is 0.123 e. The quantitative estimate of drug-likeness (QED) is 0.572. The Morgan fingerprint density at radius 1 is 1.25 bits per heavy atom. The van der Waals surface area contributed by atoms with E-state index in [0.717, 1.165) is 0 Å². The highest BCUT2D eigenvalue weighted by molar-refractivity contribution is 5.30. The molecule has 0 spiro atoms. The monoisotopic (exact) mass is 228 g/mol. The van der Waals surface area contributed by atoms with Gasteiger partial charge in [-0.2, -0.15) is 0 Å². The van der Waals surface area contributed by atoms with E-state index in [1.807, 2.05) is 0 Å². The van der Waals surface area contributed by atoms with Crippen molar-refractivity contribution in [2.45, 2.75) is 25.2 Å². The first-order chi connectivity index (χ1) is 7.60. The highest BCUT2D eigenvalue weighted by Crippen LogP contribution is 2.23. The third-order valence-electron chi connectivity index (χ3n) is 2.47. The number of benzene rings is 1. The summed E-state index contributed by atoms with van der Waals surface area (Å²) in [5, 5.41) is 19.4. The van der Waals surface area contributed by atoms with Crippen LogP contribution in [0.15, 0.2) is 18.2 Å². The summed E-state index contributed by atoms with van der Waals surface area (Å²) in [5.74, 6) is -0.412. The molecule has 90 valence electrons. The van der Waals surface area contributed by atoms with Gasteiger partial charge >= 0.3 is 0 Å². The zero-order valence-corrected chi connectivity index (χ0v) is 8.94. The molecule has 0 saturated heterocycles. The first-order valence-electron chi connectivity index (χ1n) is 5.14. The molecule has 0 aliphatic heterocycles. The van der Waals surface area contributed by atoms with Crippen molar-refractivity contribution in [2.75, 3.05) is 6.54 Å². The normalized spacial score (nSPS) is 14.8. The van der Waals surface area contributed by atoms with Crippen molar-refractivity contribution in [3.63, 3.8) is 0 Å². The highest BCUT2D eigenvalue weighted by Gasteiger charge is 2.20. The average molecular weight is 228 g/mol. The number of aliphatic hydroxyl groups is 2. The van der Waals surface area contributed by atoms with Gasteiger partial charge in [0.15, 0.2) is 0 Å². The Bertz CT molecular complexity index is 347. The van der Waals surface area contributed by atoms with Gasteiger partial charge in [-0.15, -0.1) is 0 Å². The summed E-state index contributed by atoms with van der Waals surface area (Å²) in [7, 11) is 0. The molecule has 1 rings (SSSR count). The van der Waals surface area contributed by atoms with Crippen LogP contribution in [-0.2, 0) is 6.54 Å². The summed E-state index contributed by atoms with van der Waals surface area (Å²) in [6.07, 6.45) is -1.76. The summed E-state index contributed by atoms with van der Waals surface area (Å²) in [6, 6.07) is 3.92. The van der Waals surface area contributed by atoms with Crippen LogP contribution in [0.2, 0.25) is 0 Å². The third-order valence-corrected chi connectivity index (χ3v) is 2.47. The fourth-order valence-corrected chi connectivity index (χ4v) is 1.58. The molecule has 0 radical (unpaired) electrons. The molecule has 0 heterocycles. The van der Waals surface area contributed by atoms with Gasteiger partial charge in [-0.1, -0.05) is 6.07 Å². The average Bonchev–Trinajstić information content (AvgIpc) is 2.28. The Kier molecular flexibility index (Phi) is 4.82. The van der Waals surface area contributed by atoms with Gasteiger partial charge in [0, 0.05) is 6.54 Å². The number of aliphatic hydroxyl groups excluding tert-OH is 2. The van der Waals surface area contributed by atoms with Crippen molar-refractivity contribution in [3.8, 4) is 0 Å². The van der Waals surface area contributed by atoms with Crippen molar-refractivity contribution < 1.29 is 14.6 Å². The predicted octanol–water partition coefficient (Wildman–Crippen LogP) is 0.0275. The second-order valence-corrected chi connectivity index (χ2v) is 3.64. The molecule has 0 aliphatic carbocycles. The third kappa shape index (κ3) is 2.99. The predicted molar refractivity (Wildman–Crippen MR) is 58.9 cm³/mol. The van der Waals surface area contributed by atoms with Crippen LogP contribution >= 0.6 is 0 Å². The molecular formula is C11H17FN2O2. The minimum Gasteiger partial charge on any atom is -0.390 e. The van der Waals surface area contributed by atoms with Crippen molar-refractivity contribution >= 4 is 0 Å². The smallest absolute Gasteiger partial charge is 0.123 e. The van der Waals surface area contributed by atoms with Crippen LogP contribution in [0, 0.1) is 5.82 Å². The Hall–Kier alpha value is -1.01. The summed E-state index contributed by atoms with van der Waals surface area (Å²) >= 11 is 0. The van der Waals surface area contributed by atoms with E-state index in [2.05, 4.69) is 0 Å². The molecule has 5 heteroatoms. The molecule has 1 aromatic carbocycles. The summed E-state index contributed by atoms with van der Waals surface area (Å²) in [5.41, 5.74) is 11.7. The number of hydrogen-bond donors (Lipinski definition) is 4. The summed E-state index contributed by atoms with van der Waals surface area (Å²) < 4.78 is 12.9. The Labute approximate surface area is 93.7 Å². The Morgan fingerprint density at radius 2 is 1.94 bits per heavy atom. The van der Waals surface area contributed by atoms with E-state index in [4.69, 9.17) is 11.5 Å². The van der Waals surface area contributed by atoms with Gasteiger partial charge < -0.3 is 21.7 Å². The first kappa shape index (κ1) is 13.1. The van der Waals surface area contributed by atoms with Crippen molar-refractivity contribution in [1.82, 2.24) is 0 Å². The number of hydrogen-bond acceptors (Lipinski definition) is 4. The van der Waals surface area contributed by atoms with Gasteiger partial charge in [-0.05, 0) is 36.2 Å². The van der Waals surface area contributed by atoms with Gasteiger partial charge in [-0.3, -0.25) is 0 Å². The summed E-state index contributed by atoms with van der Waals surface area (Å²) in [4.78, 5) is 0. The maximum absolute atomic E-state index is 12.9. The number of rotatable bonds is 5. The maximum atomic E-state index is 12.9. The lowest BCUT2D eigenvalue weighted by atomic mass is 9.97. The lowest BCUT2D eigenvalue weighted by Gasteiger charge is -2.20. The van der Waals surface area contributed by atoms with Crippen LogP contribution in [-0.4, -0.2) is 22.9 Å². The largest absolute Gasteiger partial charge is 0.390 e. The van der Waals surface area contributed by atoms with E-state index in [0.29, 0.717) is 11.1 Å². The van der Waals surface area contributed by atoms with E-state index < -0.39 is 18.0 Å². The SMILES string of the molecule is NCCC(O)C(O)c1ccc(F)cc1CN. The molecule has 2 atom stereocenters. The zero-order chi connectivity index (χ0) is 12.1. The number of halogens is 1. The van der Waals surface area contributed by atoms with E-state index in [1.165, 1.54) is 18.2 Å². The fraction of sp³-hybridized carbons (Fsp3) is 0.455. The standard InChI is InChI=1S/C11H17FN2O2/c12-8-1-2-9(7(5-8)6-14)11(16)10(15)3-4-13/h1-2,5,10-11,15-16H,3-4,6,13-14H2. The highest BCUT2D eigenvalue weighted by atomic mass is 19.1. The minimum absolute atomic E-state index is 0.111. The first-order valence-corrected chi connectivity index (χ1v) is 5.14. The second-order valence-electron chi connectivity index (χ2n) is 3.64. The van der Waals surface area contributed by atoms with Gasteiger partial charge in [0.05, 0.1) is 6.10 Å². The van der Waals surface area contributed by atoms with Gasteiger partial charge in [-0.25, -0.2) is 4.39 Å². The lowest BCUT2D eigenvalue weighted by Crippen LogP contribution is -2.23. The Morgan fingerprint density at radius 3 is 2.50 bits per heavy atom. The zero-order valence-electron chi connectivity index (χ0n) is 8.94. The second kappa shape index (κ2) is 5.91. The van der Waals surface area contributed by atoms with Gasteiger partial charge in [0.2, 0.25) is 0 Å². The summed E-state index contributed by atoms with van der Waals surface area (Å²) in [6.45, 7) is 0.386. The van der Waals surface area contributed by atoms with E-state index in [9.17, 15) is 14.6 Å². The molecule has 0 fully saturated rings. The van der Waals surface area contributed by atoms with Crippen LogP contribution < -0.4 is 11.5 Å². The van der Waals surface area contributed by atoms with E-state index >= 15 is 0 Å². The molecule has 6 N–H and O–H groups in total. The molecule has 0 aromatic heterocycles. The molecule has 4 nitrogen and oxygen atoms in total. The number of nitrogens with two attached hydrogens (primary N) is 2. The molecule has 16 heavy (non-hydrogen) atoms. The van der Waals surface area contributed by atoms with Gasteiger partial charge in [0.1, 0.15) is 11.9 Å². The lowest BCUT2D eigenvalue weighted by molar-refractivity contribution is 0.0145. The molecule has 2 unspecified atom stereocenters. The van der Waals surface area contributed by atoms with Crippen molar-refractivity contribution in [2.24, 2.45) is 11.5 Å². The fourth-order valence-electron chi connectivity index (χ4n) is 1.58. The van der Waals surface area contributed by atoms with Crippen molar-refractivity contribution in [1.29, 1.82) is 0 Å². The van der Waals surface area contributed by atoms with Crippen LogP contribution in [0.25, 0.3) is 0 Å². The van der Waals surface area contributed by atoms with Crippen LogP contribution in [0.4, 0.5) is 4.39 Å². The van der Waals surface area contributed by atoms with Crippen LogP contribution in [0.3, 0.4) is 0 Å². The van der Waals surface area contributed by atoms with E-state index in [1.54, 1.807) is 0 Å². The Balaban J connectivity index is 2.93. The molecule has 0 amide bonds. The molecule has 0 aliphatic rings. The molecule has 0 bridgehead atoms. The van der Waals surface area contributed by atoms with Crippen molar-refractivity contribution in [3.05, 3.63) is 35.1 Å². The van der Waals surface area contributed by atoms with Gasteiger partial charge in [0.25, 0.3) is 0 Å². The van der Waals surface area contributed by atoms with Crippen LogP contribution in [0.1, 0.15) is 23.7 Å².